The third-order valence-corrected chi connectivity index (χ3v) is 2.87. The Bertz CT molecular complexity index is 256. The van der Waals surface area contributed by atoms with E-state index in [1.165, 1.54) is 7.11 Å². The first-order valence-electron chi connectivity index (χ1n) is 5.31. The highest BCUT2D eigenvalue weighted by Crippen LogP contribution is 2.39. The summed E-state index contributed by atoms with van der Waals surface area (Å²) < 4.78 is 21.9. The Balaban J connectivity index is 2.09. The van der Waals surface area contributed by atoms with Gasteiger partial charge in [0, 0.05) is 7.11 Å². The second kappa shape index (κ2) is 4.21. The zero-order chi connectivity index (χ0) is 11.9. The lowest BCUT2D eigenvalue weighted by atomic mass is 10.1. The molecule has 2 heterocycles. The van der Waals surface area contributed by atoms with Crippen molar-refractivity contribution in [1.82, 2.24) is 0 Å². The Morgan fingerprint density at radius 1 is 1.38 bits per heavy atom. The van der Waals surface area contributed by atoms with E-state index in [1.54, 1.807) is 13.8 Å². The number of fused-ring (bicyclic) bond motifs is 1. The summed E-state index contributed by atoms with van der Waals surface area (Å²) in [4.78, 5) is 0. The van der Waals surface area contributed by atoms with Gasteiger partial charge in [-0.1, -0.05) is 0 Å². The first-order chi connectivity index (χ1) is 7.48. The van der Waals surface area contributed by atoms with Gasteiger partial charge in [-0.2, -0.15) is 0 Å². The van der Waals surface area contributed by atoms with Crippen molar-refractivity contribution in [2.24, 2.45) is 0 Å². The molecule has 2 fully saturated rings. The molecular weight excluding hydrogens is 216 g/mol. The third kappa shape index (κ3) is 1.97. The van der Waals surface area contributed by atoms with E-state index < -0.39 is 30.4 Å². The Labute approximate surface area is 94.1 Å². The molecule has 2 N–H and O–H groups in total. The van der Waals surface area contributed by atoms with E-state index in [0.717, 1.165) is 0 Å². The fraction of sp³-hybridized carbons (Fsp3) is 1.00. The predicted molar refractivity (Wildman–Crippen MR) is 52.6 cm³/mol. The molecule has 0 spiro atoms. The van der Waals surface area contributed by atoms with Crippen molar-refractivity contribution in [1.29, 1.82) is 0 Å². The van der Waals surface area contributed by atoms with Crippen molar-refractivity contribution < 1.29 is 29.2 Å². The van der Waals surface area contributed by atoms with Crippen LogP contribution in [0.3, 0.4) is 0 Å². The van der Waals surface area contributed by atoms with Crippen molar-refractivity contribution in [2.75, 3.05) is 13.7 Å². The lowest BCUT2D eigenvalue weighted by Crippen LogP contribution is -2.43. The standard InChI is InChI=1S/C10H18O6/c1-10(2)15-8-7(13-3)6(5(12)4-11)14-9(8)16-10/h5-9,11-12H,4H2,1-3H3/t5-,6+,7+,8-,9-/m1/s1. The Kier molecular flexibility index (Phi) is 3.22. The van der Waals surface area contributed by atoms with Crippen LogP contribution in [-0.2, 0) is 18.9 Å². The first-order valence-corrected chi connectivity index (χ1v) is 5.31. The lowest BCUT2D eigenvalue weighted by Gasteiger charge is -2.26. The Morgan fingerprint density at radius 2 is 2.06 bits per heavy atom. The normalized spacial score (nSPS) is 43.3. The van der Waals surface area contributed by atoms with Crippen LogP contribution in [0.5, 0.6) is 0 Å². The molecular formula is C10H18O6. The van der Waals surface area contributed by atoms with Crippen LogP contribution in [0.15, 0.2) is 0 Å². The monoisotopic (exact) mass is 234 g/mol. The largest absolute Gasteiger partial charge is 0.394 e. The summed E-state index contributed by atoms with van der Waals surface area (Å²) in [6.07, 6.45) is -2.97. The molecule has 5 atom stereocenters. The average molecular weight is 234 g/mol. The summed E-state index contributed by atoms with van der Waals surface area (Å²) in [6, 6.07) is 0. The van der Waals surface area contributed by atoms with Crippen LogP contribution in [0.1, 0.15) is 13.8 Å². The van der Waals surface area contributed by atoms with Crippen LogP contribution >= 0.6 is 0 Å². The minimum absolute atomic E-state index is 0.369. The number of rotatable bonds is 3. The minimum Gasteiger partial charge on any atom is -0.394 e. The van der Waals surface area contributed by atoms with Gasteiger partial charge in [0.15, 0.2) is 12.1 Å². The second-order valence-corrected chi connectivity index (χ2v) is 4.52. The molecule has 0 unspecified atom stereocenters. The number of aliphatic hydroxyl groups excluding tert-OH is 2. The average Bonchev–Trinajstić information content (AvgIpc) is 2.68. The summed E-state index contributed by atoms with van der Waals surface area (Å²) in [5, 5.41) is 18.5. The van der Waals surface area contributed by atoms with Gasteiger partial charge >= 0.3 is 0 Å². The topological polar surface area (TPSA) is 77.4 Å². The van der Waals surface area contributed by atoms with Crippen LogP contribution < -0.4 is 0 Å². The van der Waals surface area contributed by atoms with E-state index in [4.69, 9.17) is 24.1 Å². The molecule has 94 valence electrons. The molecule has 0 bridgehead atoms. The van der Waals surface area contributed by atoms with Crippen molar-refractivity contribution in [2.45, 2.75) is 50.3 Å². The van der Waals surface area contributed by atoms with Crippen LogP contribution in [-0.4, -0.2) is 60.4 Å². The van der Waals surface area contributed by atoms with Crippen molar-refractivity contribution in [3.63, 3.8) is 0 Å². The third-order valence-electron chi connectivity index (χ3n) is 2.87. The van der Waals surface area contributed by atoms with Gasteiger partial charge in [0.2, 0.25) is 0 Å². The van der Waals surface area contributed by atoms with Gasteiger partial charge in [-0.3, -0.25) is 0 Å². The SMILES string of the molecule is CO[C@H]1[C@H]([C@H](O)CO)O[C@@H]2OC(C)(C)O[C@@H]21. The van der Waals surface area contributed by atoms with E-state index in [9.17, 15) is 5.11 Å². The molecule has 2 rings (SSSR count). The molecule has 0 amide bonds. The lowest BCUT2D eigenvalue weighted by molar-refractivity contribution is -0.229. The number of methoxy groups -OCH3 is 1. The van der Waals surface area contributed by atoms with Crippen LogP contribution in [0, 0.1) is 0 Å². The van der Waals surface area contributed by atoms with Crippen LogP contribution in [0.25, 0.3) is 0 Å². The van der Waals surface area contributed by atoms with Gasteiger partial charge < -0.3 is 29.2 Å². The quantitative estimate of drug-likeness (QED) is 0.668. The number of ether oxygens (including phenoxy) is 4. The maximum atomic E-state index is 9.58. The summed E-state index contributed by atoms with van der Waals surface area (Å²) in [5.74, 6) is -0.707. The zero-order valence-electron chi connectivity index (χ0n) is 9.62. The van der Waals surface area contributed by atoms with Crippen molar-refractivity contribution in [3.05, 3.63) is 0 Å². The van der Waals surface area contributed by atoms with Gasteiger partial charge in [-0.25, -0.2) is 0 Å². The summed E-state index contributed by atoms with van der Waals surface area (Å²) in [5.41, 5.74) is 0. The molecule has 0 aliphatic carbocycles. The van der Waals surface area contributed by atoms with Crippen LogP contribution in [0.4, 0.5) is 0 Å². The van der Waals surface area contributed by atoms with Crippen molar-refractivity contribution in [3.8, 4) is 0 Å². The molecule has 0 aromatic heterocycles. The fourth-order valence-corrected chi connectivity index (χ4v) is 2.19. The highest BCUT2D eigenvalue weighted by Gasteiger charge is 2.56. The van der Waals surface area contributed by atoms with E-state index in [1.807, 2.05) is 0 Å². The smallest absolute Gasteiger partial charge is 0.190 e. The Hall–Kier alpha value is -0.240. The molecule has 2 aliphatic heterocycles. The molecule has 6 nitrogen and oxygen atoms in total. The maximum absolute atomic E-state index is 9.58. The molecule has 16 heavy (non-hydrogen) atoms. The van der Waals surface area contributed by atoms with E-state index in [-0.39, 0.29) is 12.7 Å². The van der Waals surface area contributed by atoms with E-state index in [0.29, 0.717) is 0 Å². The number of hydrogen-bond donors (Lipinski definition) is 2. The van der Waals surface area contributed by atoms with Gasteiger partial charge in [-0.05, 0) is 13.8 Å². The summed E-state index contributed by atoms with van der Waals surface area (Å²) >= 11 is 0. The van der Waals surface area contributed by atoms with E-state index in [2.05, 4.69) is 0 Å². The van der Waals surface area contributed by atoms with Gasteiger partial charge in [0.05, 0.1) is 6.61 Å². The summed E-state index contributed by atoms with van der Waals surface area (Å²) in [7, 11) is 1.52. The highest BCUT2D eigenvalue weighted by molar-refractivity contribution is 4.96. The molecule has 6 heteroatoms. The molecule has 0 radical (unpaired) electrons. The fourth-order valence-electron chi connectivity index (χ4n) is 2.19. The maximum Gasteiger partial charge on any atom is 0.190 e. The zero-order valence-corrected chi connectivity index (χ0v) is 9.62. The molecule has 0 saturated carbocycles. The number of aliphatic hydroxyl groups is 2. The molecule has 0 aromatic carbocycles. The predicted octanol–water partition coefficient (Wildman–Crippen LogP) is -0.769. The van der Waals surface area contributed by atoms with Crippen molar-refractivity contribution >= 4 is 0 Å². The van der Waals surface area contributed by atoms with Gasteiger partial charge in [-0.15, -0.1) is 0 Å². The molecule has 0 aromatic rings. The molecule has 2 saturated heterocycles. The van der Waals surface area contributed by atoms with Gasteiger partial charge in [0.25, 0.3) is 0 Å². The minimum atomic E-state index is -0.995. The van der Waals surface area contributed by atoms with Crippen LogP contribution in [0.2, 0.25) is 0 Å². The summed E-state index contributed by atoms with van der Waals surface area (Å²) in [6.45, 7) is 3.20. The van der Waals surface area contributed by atoms with E-state index >= 15 is 0 Å². The Morgan fingerprint density at radius 3 is 2.62 bits per heavy atom. The first kappa shape index (κ1) is 12.2. The second-order valence-electron chi connectivity index (χ2n) is 4.52. The number of hydrogen-bond acceptors (Lipinski definition) is 6. The van der Waals surface area contributed by atoms with Gasteiger partial charge in [0.1, 0.15) is 24.4 Å². The molecule has 2 aliphatic rings. The highest BCUT2D eigenvalue weighted by atomic mass is 16.8.